The maximum Gasteiger partial charge on any atom is 0.307 e. The van der Waals surface area contributed by atoms with E-state index >= 15 is 0 Å². The molecule has 1 aromatic heterocycles. The Balaban J connectivity index is 2.29. The molecule has 22 heavy (non-hydrogen) atoms. The largest absolute Gasteiger partial charge is 0.466 e. The number of nitrogens with zero attached hydrogens (tertiary/aromatic N) is 1. The van der Waals surface area contributed by atoms with E-state index in [9.17, 15) is 4.79 Å². The third-order valence-corrected chi connectivity index (χ3v) is 3.64. The Bertz CT molecular complexity index is 648. The average molecular weight is 298 g/mol. The predicted octanol–water partition coefficient (Wildman–Crippen LogP) is 3.32. The maximum absolute atomic E-state index is 11.6. The molecule has 2 N–H and O–H groups in total. The zero-order chi connectivity index (χ0) is 16.1. The quantitative estimate of drug-likeness (QED) is 0.860. The van der Waals surface area contributed by atoms with Crippen LogP contribution in [0.15, 0.2) is 36.5 Å². The lowest BCUT2D eigenvalue weighted by atomic mass is 9.97. The third-order valence-electron chi connectivity index (χ3n) is 3.64. The fourth-order valence-electron chi connectivity index (χ4n) is 2.55. The van der Waals surface area contributed by atoms with Gasteiger partial charge in [0.25, 0.3) is 0 Å². The molecule has 0 aliphatic carbocycles. The minimum Gasteiger partial charge on any atom is -0.466 e. The monoisotopic (exact) mass is 298 g/mol. The van der Waals surface area contributed by atoms with Gasteiger partial charge in [0.05, 0.1) is 18.7 Å². The van der Waals surface area contributed by atoms with E-state index in [4.69, 9.17) is 10.5 Å². The van der Waals surface area contributed by atoms with Crippen molar-refractivity contribution in [2.45, 2.75) is 33.2 Å². The number of pyridine rings is 1. The molecule has 0 fully saturated rings. The molecule has 0 saturated carbocycles. The molecule has 4 heteroatoms. The molecule has 0 unspecified atom stereocenters. The van der Waals surface area contributed by atoms with Crippen LogP contribution in [0, 0.1) is 13.8 Å². The SMILES string of the molecule is CCOC(=O)C[C@H](N)c1ccnc(-c2c(C)cccc2C)c1. The van der Waals surface area contributed by atoms with E-state index in [0.717, 1.165) is 16.8 Å². The zero-order valence-corrected chi connectivity index (χ0v) is 13.3. The molecule has 0 saturated heterocycles. The number of aromatic nitrogens is 1. The number of esters is 1. The Labute approximate surface area is 131 Å². The van der Waals surface area contributed by atoms with Gasteiger partial charge in [0.15, 0.2) is 0 Å². The van der Waals surface area contributed by atoms with Gasteiger partial charge in [-0.05, 0) is 49.6 Å². The Kier molecular flexibility index (Phi) is 5.28. The second kappa shape index (κ2) is 7.18. The number of hydrogen-bond acceptors (Lipinski definition) is 4. The van der Waals surface area contributed by atoms with Crippen molar-refractivity contribution in [1.29, 1.82) is 0 Å². The van der Waals surface area contributed by atoms with Gasteiger partial charge < -0.3 is 10.5 Å². The maximum atomic E-state index is 11.6. The van der Waals surface area contributed by atoms with Gasteiger partial charge in [0.1, 0.15) is 0 Å². The highest BCUT2D eigenvalue weighted by molar-refractivity contribution is 5.71. The Morgan fingerprint density at radius 3 is 2.59 bits per heavy atom. The van der Waals surface area contributed by atoms with E-state index in [1.807, 2.05) is 18.2 Å². The zero-order valence-electron chi connectivity index (χ0n) is 13.3. The van der Waals surface area contributed by atoms with Crippen LogP contribution in [-0.2, 0) is 9.53 Å². The van der Waals surface area contributed by atoms with E-state index < -0.39 is 0 Å². The molecule has 0 amide bonds. The van der Waals surface area contributed by atoms with Gasteiger partial charge in [-0.25, -0.2) is 0 Å². The highest BCUT2D eigenvalue weighted by Gasteiger charge is 2.14. The lowest BCUT2D eigenvalue weighted by molar-refractivity contribution is -0.143. The summed E-state index contributed by atoms with van der Waals surface area (Å²) >= 11 is 0. The molecule has 0 radical (unpaired) electrons. The van der Waals surface area contributed by atoms with Crippen molar-refractivity contribution >= 4 is 5.97 Å². The summed E-state index contributed by atoms with van der Waals surface area (Å²) in [6, 6.07) is 9.58. The van der Waals surface area contributed by atoms with Gasteiger partial charge in [-0.15, -0.1) is 0 Å². The van der Waals surface area contributed by atoms with Crippen LogP contribution in [-0.4, -0.2) is 17.6 Å². The standard InChI is InChI=1S/C18H22N2O2/c1-4-22-17(21)11-15(19)14-8-9-20-16(10-14)18-12(2)6-5-7-13(18)3/h5-10,15H,4,11,19H2,1-3H3/t15-/m0/s1. The van der Waals surface area contributed by atoms with Gasteiger partial charge in [-0.1, -0.05) is 18.2 Å². The Morgan fingerprint density at radius 1 is 1.27 bits per heavy atom. The molecule has 1 aromatic carbocycles. The van der Waals surface area contributed by atoms with E-state index in [1.54, 1.807) is 13.1 Å². The number of carbonyl (C=O) groups is 1. The van der Waals surface area contributed by atoms with Crippen molar-refractivity contribution in [3.8, 4) is 11.3 Å². The van der Waals surface area contributed by atoms with Crippen LogP contribution in [0.2, 0.25) is 0 Å². The van der Waals surface area contributed by atoms with E-state index in [0.29, 0.717) is 6.61 Å². The number of rotatable bonds is 5. The van der Waals surface area contributed by atoms with E-state index in [2.05, 4.69) is 31.0 Å². The summed E-state index contributed by atoms with van der Waals surface area (Å²) in [5.41, 5.74) is 11.4. The minimum absolute atomic E-state index is 0.171. The van der Waals surface area contributed by atoms with Crippen molar-refractivity contribution in [1.82, 2.24) is 4.98 Å². The number of ether oxygens (including phenoxy) is 1. The summed E-state index contributed by atoms with van der Waals surface area (Å²) in [5.74, 6) is -0.277. The molecule has 4 nitrogen and oxygen atoms in total. The number of carbonyl (C=O) groups excluding carboxylic acids is 1. The van der Waals surface area contributed by atoms with Gasteiger partial charge in [-0.2, -0.15) is 0 Å². The van der Waals surface area contributed by atoms with Crippen LogP contribution in [0.1, 0.15) is 36.1 Å². The summed E-state index contributed by atoms with van der Waals surface area (Å²) in [6.45, 7) is 6.29. The van der Waals surface area contributed by atoms with Crippen molar-refractivity contribution < 1.29 is 9.53 Å². The Hall–Kier alpha value is -2.20. The molecule has 0 aliphatic rings. The number of hydrogen-bond donors (Lipinski definition) is 1. The fraction of sp³-hybridized carbons (Fsp3) is 0.333. The summed E-state index contributed by atoms with van der Waals surface area (Å²) < 4.78 is 4.95. The average Bonchev–Trinajstić information content (AvgIpc) is 2.47. The third kappa shape index (κ3) is 3.71. The first-order valence-corrected chi connectivity index (χ1v) is 7.46. The fourth-order valence-corrected chi connectivity index (χ4v) is 2.55. The number of aryl methyl sites for hydroxylation is 2. The predicted molar refractivity (Wildman–Crippen MR) is 87.3 cm³/mol. The summed E-state index contributed by atoms with van der Waals surface area (Å²) in [6.07, 6.45) is 1.91. The molecule has 0 aliphatic heterocycles. The van der Waals surface area contributed by atoms with Crippen LogP contribution in [0.3, 0.4) is 0 Å². The van der Waals surface area contributed by atoms with Crippen LogP contribution in [0.5, 0.6) is 0 Å². The van der Waals surface area contributed by atoms with Gasteiger partial charge in [0.2, 0.25) is 0 Å². The number of nitrogens with two attached hydrogens (primary N) is 1. The van der Waals surface area contributed by atoms with Crippen LogP contribution in [0.4, 0.5) is 0 Å². The first-order chi connectivity index (χ1) is 10.5. The smallest absolute Gasteiger partial charge is 0.307 e. The molecule has 0 bridgehead atoms. The molecule has 0 spiro atoms. The molecular weight excluding hydrogens is 276 g/mol. The van der Waals surface area contributed by atoms with Gasteiger partial charge in [0, 0.05) is 17.8 Å². The molecule has 1 atom stereocenters. The molecule has 2 aromatic rings. The van der Waals surface area contributed by atoms with Crippen molar-refractivity contribution in [2.24, 2.45) is 5.73 Å². The topological polar surface area (TPSA) is 65.2 Å². The van der Waals surface area contributed by atoms with Crippen LogP contribution < -0.4 is 5.73 Å². The van der Waals surface area contributed by atoms with E-state index in [-0.39, 0.29) is 18.4 Å². The van der Waals surface area contributed by atoms with E-state index in [1.165, 1.54) is 11.1 Å². The Morgan fingerprint density at radius 2 is 1.95 bits per heavy atom. The first-order valence-electron chi connectivity index (χ1n) is 7.46. The highest BCUT2D eigenvalue weighted by atomic mass is 16.5. The molecule has 2 rings (SSSR count). The lowest BCUT2D eigenvalue weighted by Gasteiger charge is -2.14. The highest BCUT2D eigenvalue weighted by Crippen LogP contribution is 2.27. The first kappa shape index (κ1) is 16.2. The number of benzene rings is 1. The second-order valence-electron chi connectivity index (χ2n) is 5.36. The van der Waals surface area contributed by atoms with Gasteiger partial charge in [-0.3, -0.25) is 9.78 Å². The van der Waals surface area contributed by atoms with Crippen molar-refractivity contribution in [3.05, 3.63) is 53.2 Å². The molecular formula is C18H22N2O2. The summed E-state index contributed by atoms with van der Waals surface area (Å²) in [4.78, 5) is 16.0. The minimum atomic E-state index is -0.384. The molecule has 1 heterocycles. The van der Waals surface area contributed by atoms with Crippen molar-refractivity contribution in [2.75, 3.05) is 6.61 Å². The second-order valence-corrected chi connectivity index (χ2v) is 5.36. The normalized spacial score (nSPS) is 12.0. The van der Waals surface area contributed by atoms with Crippen LogP contribution in [0.25, 0.3) is 11.3 Å². The van der Waals surface area contributed by atoms with Crippen molar-refractivity contribution in [3.63, 3.8) is 0 Å². The van der Waals surface area contributed by atoms with Gasteiger partial charge >= 0.3 is 5.97 Å². The molecule has 116 valence electrons. The summed E-state index contributed by atoms with van der Waals surface area (Å²) in [7, 11) is 0. The lowest BCUT2D eigenvalue weighted by Crippen LogP contribution is -2.17. The summed E-state index contributed by atoms with van der Waals surface area (Å²) in [5, 5.41) is 0. The van der Waals surface area contributed by atoms with Crippen LogP contribution >= 0.6 is 0 Å².